The molecule has 1 aromatic heterocycles. The van der Waals surface area contributed by atoms with Gasteiger partial charge >= 0.3 is 6.09 Å². The number of carbonyl (C=O) groups excluding carboxylic acids is 1. The van der Waals surface area contributed by atoms with Gasteiger partial charge < -0.3 is 9.84 Å². The fourth-order valence-electron chi connectivity index (χ4n) is 1.81. The molecule has 0 unspecified atom stereocenters. The van der Waals surface area contributed by atoms with E-state index in [1.54, 1.807) is 38.4 Å². The summed E-state index contributed by atoms with van der Waals surface area (Å²) in [5.41, 5.74) is -1.84. The van der Waals surface area contributed by atoms with Gasteiger partial charge in [-0.3, -0.25) is 9.88 Å². The summed E-state index contributed by atoms with van der Waals surface area (Å²) in [5, 5.41) is 10.4. The molecule has 0 spiro atoms. The van der Waals surface area contributed by atoms with Gasteiger partial charge in [-0.2, -0.15) is 0 Å². The summed E-state index contributed by atoms with van der Waals surface area (Å²) in [5.74, 6) is 0. The molecule has 0 aromatic carbocycles. The average molecular weight is 222 g/mol. The number of likely N-dealkylation sites (N-methyl/N-ethyl adjacent to an activating group) is 1. The molecule has 1 fully saturated rings. The molecule has 0 saturated carbocycles. The molecule has 1 aliphatic heterocycles. The summed E-state index contributed by atoms with van der Waals surface area (Å²) >= 11 is 0. The van der Waals surface area contributed by atoms with Crippen LogP contribution in [-0.2, 0) is 10.3 Å². The molecule has 1 aliphatic rings. The Morgan fingerprint density at radius 3 is 2.62 bits per heavy atom. The summed E-state index contributed by atoms with van der Waals surface area (Å²) in [4.78, 5) is 16.7. The molecule has 2 heterocycles. The second-order valence-electron chi connectivity index (χ2n) is 4.22. The van der Waals surface area contributed by atoms with Crippen molar-refractivity contribution < 1.29 is 14.6 Å². The summed E-state index contributed by atoms with van der Waals surface area (Å²) < 4.78 is 5.26. The number of aromatic nitrogens is 1. The standard InChI is InChI=1S/C11H14N2O3/c1-10(8-5-4-6-12-7-8)11(2,15)13(3)9(14)16-10/h4-7,15H,1-3H3/t10-,11+/m0/s1. The first-order valence-electron chi connectivity index (χ1n) is 4.99. The number of aliphatic hydroxyl groups is 1. The lowest BCUT2D eigenvalue weighted by Gasteiger charge is -2.35. The van der Waals surface area contributed by atoms with Crippen molar-refractivity contribution >= 4 is 6.09 Å². The highest BCUT2D eigenvalue weighted by Gasteiger charge is 2.59. The smallest absolute Gasteiger partial charge is 0.412 e. The molecular formula is C11H14N2O3. The third-order valence-corrected chi connectivity index (χ3v) is 3.33. The molecule has 5 heteroatoms. The molecule has 16 heavy (non-hydrogen) atoms. The van der Waals surface area contributed by atoms with E-state index in [4.69, 9.17) is 4.74 Å². The zero-order chi connectivity index (χ0) is 12.0. The van der Waals surface area contributed by atoms with Crippen LogP contribution in [0.4, 0.5) is 4.79 Å². The largest absolute Gasteiger partial charge is 0.433 e. The molecule has 0 bridgehead atoms. The summed E-state index contributed by atoms with van der Waals surface area (Å²) in [6.45, 7) is 3.22. The van der Waals surface area contributed by atoms with Crippen LogP contribution >= 0.6 is 0 Å². The maximum Gasteiger partial charge on any atom is 0.412 e. The first kappa shape index (κ1) is 10.9. The van der Waals surface area contributed by atoms with Crippen LogP contribution in [0.1, 0.15) is 19.4 Å². The van der Waals surface area contributed by atoms with E-state index in [0.29, 0.717) is 5.56 Å². The Hall–Kier alpha value is -1.62. The van der Waals surface area contributed by atoms with Gasteiger partial charge in [0.05, 0.1) is 0 Å². The van der Waals surface area contributed by atoms with Crippen molar-refractivity contribution in [2.75, 3.05) is 7.05 Å². The molecule has 86 valence electrons. The number of nitrogens with zero attached hydrogens (tertiary/aromatic N) is 2. The fourth-order valence-corrected chi connectivity index (χ4v) is 1.81. The zero-order valence-electron chi connectivity index (χ0n) is 9.47. The first-order chi connectivity index (χ1) is 7.39. The number of hydrogen-bond acceptors (Lipinski definition) is 4. The minimum atomic E-state index is -1.40. The van der Waals surface area contributed by atoms with Gasteiger partial charge in [0, 0.05) is 25.0 Å². The van der Waals surface area contributed by atoms with Crippen molar-refractivity contribution in [1.29, 1.82) is 0 Å². The minimum Gasteiger partial charge on any atom is -0.433 e. The zero-order valence-corrected chi connectivity index (χ0v) is 9.47. The first-order valence-corrected chi connectivity index (χ1v) is 4.99. The highest BCUT2D eigenvalue weighted by molar-refractivity contribution is 5.72. The lowest BCUT2D eigenvalue weighted by Crippen LogP contribution is -2.51. The molecule has 5 nitrogen and oxygen atoms in total. The van der Waals surface area contributed by atoms with Gasteiger partial charge in [0.15, 0.2) is 11.3 Å². The average Bonchev–Trinajstić information content (AvgIpc) is 2.42. The van der Waals surface area contributed by atoms with E-state index >= 15 is 0 Å². The van der Waals surface area contributed by atoms with E-state index < -0.39 is 17.4 Å². The summed E-state index contributed by atoms with van der Waals surface area (Å²) in [7, 11) is 1.50. The Labute approximate surface area is 93.7 Å². The van der Waals surface area contributed by atoms with Gasteiger partial charge in [-0.05, 0) is 19.9 Å². The Balaban J connectivity index is 2.51. The van der Waals surface area contributed by atoms with E-state index in [1.807, 2.05) is 0 Å². The number of carbonyl (C=O) groups is 1. The number of rotatable bonds is 1. The molecule has 0 aliphatic carbocycles. The van der Waals surface area contributed by atoms with Crippen molar-refractivity contribution in [3.8, 4) is 0 Å². The molecule has 0 radical (unpaired) electrons. The van der Waals surface area contributed by atoms with Crippen LogP contribution in [-0.4, -0.2) is 33.9 Å². The lowest BCUT2D eigenvalue weighted by molar-refractivity contribution is -0.135. The van der Waals surface area contributed by atoms with Gasteiger partial charge in [0.1, 0.15) is 0 Å². The van der Waals surface area contributed by atoms with Crippen molar-refractivity contribution in [2.45, 2.75) is 25.2 Å². The van der Waals surface area contributed by atoms with Gasteiger partial charge in [-0.15, -0.1) is 0 Å². The Morgan fingerprint density at radius 2 is 2.19 bits per heavy atom. The lowest BCUT2D eigenvalue weighted by atomic mass is 9.87. The monoisotopic (exact) mass is 222 g/mol. The maximum atomic E-state index is 11.5. The van der Waals surface area contributed by atoms with Crippen LogP contribution in [0, 0.1) is 0 Å². The van der Waals surface area contributed by atoms with Crippen LogP contribution in [0.15, 0.2) is 24.5 Å². The quantitative estimate of drug-likeness (QED) is 0.772. The topological polar surface area (TPSA) is 62.7 Å². The number of amides is 1. The maximum absolute atomic E-state index is 11.5. The molecule has 2 atom stereocenters. The van der Waals surface area contributed by atoms with E-state index in [1.165, 1.54) is 11.9 Å². The predicted molar refractivity (Wildman–Crippen MR) is 56.5 cm³/mol. The minimum absolute atomic E-state index is 0.545. The van der Waals surface area contributed by atoms with Crippen molar-refractivity contribution in [3.05, 3.63) is 30.1 Å². The van der Waals surface area contributed by atoms with E-state index in [9.17, 15) is 9.90 Å². The number of cyclic esters (lactones) is 1. The van der Waals surface area contributed by atoms with Gasteiger partial charge in [-0.25, -0.2) is 4.79 Å². The Kier molecular flexibility index (Phi) is 2.17. The van der Waals surface area contributed by atoms with Crippen molar-refractivity contribution in [3.63, 3.8) is 0 Å². The molecule has 1 saturated heterocycles. The molecule has 1 amide bonds. The van der Waals surface area contributed by atoms with Crippen LogP contribution in [0.25, 0.3) is 0 Å². The number of hydrogen-bond donors (Lipinski definition) is 1. The summed E-state index contributed by atoms with van der Waals surface area (Å²) in [6.07, 6.45) is 2.67. The second kappa shape index (κ2) is 3.18. The predicted octanol–water partition coefficient (Wildman–Crippen LogP) is 1.09. The van der Waals surface area contributed by atoms with Gasteiger partial charge in [-0.1, -0.05) is 6.07 Å². The highest BCUT2D eigenvalue weighted by Crippen LogP contribution is 2.43. The molecule has 1 N–H and O–H groups in total. The normalized spacial score (nSPS) is 34.0. The third-order valence-electron chi connectivity index (χ3n) is 3.33. The van der Waals surface area contributed by atoms with Gasteiger partial charge in [0.25, 0.3) is 0 Å². The highest BCUT2D eigenvalue weighted by atomic mass is 16.6. The van der Waals surface area contributed by atoms with E-state index in [-0.39, 0.29) is 0 Å². The fraction of sp³-hybridized carbons (Fsp3) is 0.455. The van der Waals surface area contributed by atoms with Gasteiger partial charge in [0.2, 0.25) is 0 Å². The van der Waals surface area contributed by atoms with Crippen molar-refractivity contribution in [1.82, 2.24) is 9.88 Å². The van der Waals surface area contributed by atoms with Crippen LogP contribution in [0.5, 0.6) is 0 Å². The molecule has 2 rings (SSSR count). The van der Waals surface area contributed by atoms with Crippen LogP contribution in [0.2, 0.25) is 0 Å². The van der Waals surface area contributed by atoms with E-state index in [0.717, 1.165) is 0 Å². The second-order valence-corrected chi connectivity index (χ2v) is 4.22. The molecule has 1 aromatic rings. The number of pyridine rings is 1. The van der Waals surface area contributed by atoms with E-state index in [2.05, 4.69) is 4.98 Å². The number of ether oxygens (including phenoxy) is 1. The SMILES string of the molecule is CN1C(=O)O[C@@](C)(c2cccnc2)[C@@]1(C)O. The van der Waals surface area contributed by atoms with Crippen LogP contribution < -0.4 is 0 Å². The van der Waals surface area contributed by atoms with Crippen molar-refractivity contribution in [2.24, 2.45) is 0 Å². The third kappa shape index (κ3) is 1.21. The Morgan fingerprint density at radius 1 is 1.50 bits per heavy atom. The van der Waals surface area contributed by atoms with Crippen LogP contribution in [0.3, 0.4) is 0 Å². The Bertz CT molecular complexity index is 418. The summed E-state index contributed by atoms with van der Waals surface area (Å²) in [6, 6.07) is 3.51. The molecular weight excluding hydrogens is 208 g/mol.